The second kappa shape index (κ2) is 5.91. The Morgan fingerprint density at radius 2 is 1.96 bits per heavy atom. The normalized spacial score (nSPS) is 20.2. The molecule has 1 aromatic heterocycles. The van der Waals surface area contributed by atoms with Crippen molar-refractivity contribution in [2.75, 3.05) is 44.7 Å². The largest absolute Gasteiger partial charge is 0.506 e. The highest BCUT2D eigenvalue weighted by Crippen LogP contribution is 2.45. The monoisotopic (exact) mass is 359 g/mol. The fourth-order valence-electron chi connectivity index (χ4n) is 3.72. The smallest absolute Gasteiger partial charge is 0.341 e. The molecule has 8 heteroatoms. The molecule has 4 rings (SSSR count). The van der Waals surface area contributed by atoms with Crippen molar-refractivity contribution in [1.82, 2.24) is 9.47 Å². The number of phenolic OH excluding ortho intramolecular Hbond substituents is 1. The number of phenols is 1. The molecule has 2 N–H and O–H groups in total. The van der Waals surface area contributed by atoms with Crippen molar-refractivity contribution in [3.63, 3.8) is 0 Å². The van der Waals surface area contributed by atoms with Gasteiger partial charge in [-0.1, -0.05) is 0 Å². The van der Waals surface area contributed by atoms with Gasteiger partial charge in [-0.3, -0.25) is 4.79 Å². The third-order valence-electron chi connectivity index (χ3n) is 5.22. The number of piperazine rings is 1. The molecule has 0 spiro atoms. The Hall–Kier alpha value is -2.74. The average molecular weight is 359 g/mol. The van der Waals surface area contributed by atoms with E-state index in [-0.39, 0.29) is 22.7 Å². The van der Waals surface area contributed by atoms with Gasteiger partial charge in [0.05, 0.1) is 16.9 Å². The summed E-state index contributed by atoms with van der Waals surface area (Å²) in [6.45, 7) is 5.43. The van der Waals surface area contributed by atoms with E-state index in [1.54, 1.807) is 4.57 Å². The molecule has 0 bridgehead atoms. The van der Waals surface area contributed by atoms with Crippen LogP contribution in [0.1, 0.15) is 23.3 Å². The summed E-state index contributed by atoms with van der Waals surface area (Å²) in [5.74, 6) is -0.877. The Morgan fingerprint density at radius 3 is 2.62 bits per heavy atom. The van der Waals surface area contributed by atoms with Gasteiger partial charge in [0.15, 0.2) is 5.75 Å². The van der Waals surface area contributed by atoms with E-state index < -0.39 is 11.4 Å². The number of hydrogen-bond acceptors (Lipinski definition) is 6. The summed E-state index contributed by atoms with van der Waals surface area (Å²) >= 11 is 0. The van der Waals surface area contributed by atoms with Crippen molar-refractivity contribution in [1.29, 1.82) is 0 Å². The van der Waals surface area contributed by atoms with Gasteiger partial charge < -0.3 is 29.3 Å². The molecule has 0 amide bonds. The Bertz CT molecular complexity index is 960. The maximum Gasteiger partial charge on any atom is 0.341 e. The molecule has 0 unspecified atom stereocenters. The lowest BCUT2D eigenvalue weighted by Gasteiger charge is -2.37. The zero-order valence-electron chi connectivity index (χ0n) is 14.7. The summed E-state index contributed by atoms with van der Waals surface area (Å²) < 4.78 is 7.71. The number of nitrogens with zero attached hydrogens (tertiary/aromatic N) is 3. The van der Waals surface area contributed by atoms with E-state index >= 15 is 0 Å². The summed E-state index contributed by atoms with van der Waals surface area (Å²) in [5.41, 5.74) is 0.214. The Balaban J connectivity index is 2.00. The van der Waals surface area contributed by atoms with Crippen molar-refractivity contribution < 1.29 is 19.7 Å². The van der Waals surface area contributed by atoms with E-state index in [0.29, 0.717) is 23.6 Å². The van der Waals surface area contributed by atoms with Gasteiger partial charge in [0.1, 0.15) is 23.6 Å². The fourth-order valence-corrected chi connectivity index (χ4v) is 3.72. The predicted octanol–water partition coefficient (Wildman–Crippen LogP) is 1.11. The number of carbonyl (C=O) groups is 1. The lowest BCUT2D eigenvalue weighted by Crippen LogP contribution is -2.44. The molecule has 1 aromatic carbocycles. The molecule has 8 nitrogen and oxygen atoms in total. The molecule has 1 atom stereocenters. The highest BCUT2D eigenvalue weighted by atomic mass is 16.5. The standard InChI is InChI=1S/C18H21N3O5/c1-10-9-26-17-14-11(16(23)12(18(24)25)8-21(10)14)7-13(22)15(17)20-5-3-19(2)4-6-20/h7-8,10,22H,3-6,9H2,1-2H3,(H,24,25)/t10-/m0/s1. The van der Waals surface area contributed by atoms with E-state index in [0.717, 1.165) is 26.2 Å². The van der Waals surface area contributed by atoms with Crippen LogP contribution in [0.25, 0.3) is 10.9 Å². The second-order valence-corrected chi connectivity index (χ2v) is 7.00. The molecule has 2 aliphatic rings. The van der Waals surface area contributed by atoms with E-state index in [4.69, 9.17) is 4.74 Å². The van der Waals surface area contributed by atoms with Crippen LogP contribution in [0.2, 0.25) is 0 Å². The third kappa shape index (κ3) is 2.40. The fraction of sp³-hybridized carbons (Fsp3) is 0.444. The van der Waals surface area contributed by atoms with Crippen LogP contribution in [0, 0.1) is 0 Å². The van der Waals surface area contributed by atoms with Gasteiger partial charge in [0.25, 0.3) is 0 Å². The average Bonchev–Trinajstić information content (AvgIpc) is 2.60. The van der Waals surface area contributed by atoms with Gasteiger partial charge in [-0.15, -0.1) is 0 Å². The second-order valence-electron chi connectivity index (χ2n) is 7.00. The summed E-state index contributed by atoms with van der Waals surface area (Å²) in [6, 6.07) is 1.26. The van der Waals surface area contributed by atoms with Crippen LogP contribution < -0.4 is 15.1 Å². The summed E-state index contributed by atoms with van der Waals surface area (Å²) in [6.07, 6.45) is 1.38. The first-order valence-electron chi connectivity index (χ1n) is 8.63. The number of pyridine rings is 1. The number of anilines is 1. The van der Waals surface area contributed by atoms with Gasteiger partial charge in [-0.25, -0.2) is 4.79 Å². The van der Waals surface area contributed by atoms with Crippen LogP contribution >= 0.6 is 0 Å². The molecular weight excluding hydrogens is 338 g/mol. The summed E-state index contributed by atoms with van der Waals surface area (Å²) in [5, 5.41) is 20.2. The topological polar surface area (TPSA) is 95.2 Å². The van der Waals surface area contributed by atoms with Crippen LogP contribution in [0.3, 0.4) is 0 Å². The van der Waals surface area contributed by atoms with E-state index in [9.17, 15) is 19.8 Å². The lowest BCUT2D eigenvalue weighted by molar-refractivity contribution is 0.0694. The van der Waals surface area contributed by atoms with Crippen molar-refractivity contribution in [2.45, 2.75) is 13.0 Å². The zero-order chi connectivity index (χ0) is 18.6. The molecule has 2 aromatic rings. The number of carboxylic acids is 1. The van der Waals surface area contributed by atoms with Crippen LogP contribution in [-0.2, 0) is 0 Å². The SMILES string of the molecule is C[C@H]1COc2c(N3CCN(C)CC3)c(O)cc3c(=O)c(C(=O)O)cn1c23. The van der Waals surface area contributed by atoms with Crippen molar-refractivity contribution in [3.8, 4) is 11.5 Å². The first-order chi connectivity index (χ1) is 12.4. The Morgan fingerprint density at radius 1 is 1.27 bits per heavy atom. The third-order valence-corrected chi connectivity index (χ3v) is 5.22. The van der Waals surface area contributed by atoms with Gasteiger partial charge in [-0.2, -0.15) is 0 Å². The number of hydrogen-bond donors (Lipinski definition) is 2. The van der Waals surface area contributed by atoms with E-state index in [2.05, 4.69) is 9.80 Å². The first-order valence-corrected chi connectivity index (χ1v) is 8.63. The lowest BCUT2D eigenvalue weighted by atomic mass is 10.0. The minimum absolute atomic E-state index is 0.0576. The van der Waals surface area contributed by atoms with Crippen molar-refractivity contribution in [3.05, 3.63) is 28.0 Å². The van der Waals surface area contributed by atoms with Gasteiger partial charge >= 0.3 is 5.97 Å². The first kappa shape index (κ1) is 16.7. The van der Waals surface area contributed by atoms with Crippen molar-refractivity contribution >= 4 is 22.6 Å². The van der Waals surface area contributed by atoms with Gasteiger partial charge in [0, 0.05) is 32.4 Å². The van der Waals surface area contributed by atoms with Crippen LogP contribution in [0.4, 0.5) is 5.69 Å². The highest BCUT2D eigenvalue weighted by Gasteiger charge is 2.30. The molecule has 0 aliphatic carbocycles. The molecular formula is C18H21N3O5. The van der Waals surface area contributed by atoms with Crippen LogP contribution in [0.5, 0.6) is 11.5 Å². The van der Waals surface area contributed by atoms with Crippen LogP contribution in [-0.4, -0.2) is 65.5 Å². The number of ether oxygens (including phenoxy) is 1. The number of likely N-dealkylation sites (N-methyl/N-ethyl adjacent to an activating group) is 1. The number of aromatic hydroxyl groups is 1. The minimum atomic E-state index is -1.27. The highest BCUT2D eigenvalue weighted by molar-refractivity contribution is 5.99. The number of aromatic nitrogens is 1. The molecule has 1 fully saturated rings. The molecule has 0 saturated carbocycles. The van der Waals surface area contributed by atoms with Gasteiger partial charge in [0.2, 0.25) is 5.43 Å². The van der Waals surface area contributed by atoms with Crippen molar-refractivity contribution in [2.24, 2.45) is 0 Å². The number of benzene rings is 1. The molecule has 3 heterocycles. The summed E-state index contributed by atoms with van der Waals surface area (Å²) in [4.78, 5) is 28.3. The summed E-state index contributed by atoms with van der Waals surface area (Å²) in [7, 11) is 2.05. The maximum absolute atomic E-state index is 12.6. The van der Waals surface area contributed by atoms with Gasteiger partial charge in [-0.05, 0) is 20.0 Å². The molecule has 138 valence electrons. The molecule has 0 radical (unpaired) electrons. The number of aromatic carboxylic acids is 1. The molecule has 2 aliphatic heterocycles. The Labute approximate surface area is 149 Å². The predicted molar refractivity (Wildman–Crippen MR) is 96.7 cm³/mol. The van der Waals surface area contributed by atoms with Crippen LogP contribution in [0.15, 0.2) is 17.1 Å². The number of carboxylic acid groups (broad SMARTS) is 1. The zero-order valence-corrected chi connectivity index (χ0v) is 14.7. The maximum atomic E-state index is 12.6. The number of rotatable bonds is 2. The molecule has 1 saturated heterocycles. The molecule has 26 heavy (non-hydrogen) atoms. The quantitative estimate of drug-likeness (QED) is 0.829. The van der Waals surface area contributed by atoms with E-state index in [1.807, 2.05) is 14.0 Å². The Kier molecular flexibility index (Phi) is 3.80. The minimum Gasteiger partial charge on any atom is -0.506 e. The van der Waals surface area contributed by atoms with E-state index in [1.165, 1.54) is 12.3 Å².